The highest BCUT2D eigenvalue weighted by atomic mass is 16.4. The maximum Gasteiger partial charge on any atom is 0.320 e. The number of hydrogen-bond acceptors (Lipinski definition) is 3. The molecule has 0 amide bonds. The standard InChI is InChI=1S/C9H18N2O2/c1-11-7-5-3-2-4-6-8(10)9(12)13/h7-8H,2-6,10H2,1H3,(H,12,13)/b11-7+/t8-/m0/s1. The van der Waals surface area contributed by atoms with E-state index in [1.165, 1.54) is 0 Å². The lowest BCUT2D eigenvalue weighted by atomic mass is 10.1. The summed E-state index contributed by atoms with van der Waals surface area (Å²) < 4.78 is 0. The molecule has 0 spiro atoms. The molecule has 0 aliphatic heterocycles. The van der Waals surface area contributed by atoms with E-state index in [0.29, 0.717) is 6.42 Å². The van der Waals surface area contributed by atoms with Gasteiger partial charge in [0.25, 0.3) is 0 Å². The lowest BCUT2D eigenvalue weighted by Crippen LogP contribution is -2.29. The molecule has 4 nitrogen and oxygen atoms in total. The Hall–Kier alpha value is -0.900. The Bertz CT molecular complexity index is 169. The minimum Gasteiger partial charge on any atom is -0.480 e. The van der Waals surface area contributed by atoms with Crippen molar-refractivity contribution in [1.29, 1.82) is 0 Å². The lowest BCUT2D eigenvalue weighted by Gasteiger charge is -2.04. The summed E-state index contributed by atoms with van der Waals surface area (Å²) in [4.78, 5) is 14.2. The van der Waals surface area contributed by atoms with Crippen LogP contribution in [0.1, 0.15) is 32.1 Å². The number of carboxylic acids is 1. The lowest BCUT2D eigenvalue weighted by molar-refractivity contribution is -0.138. The smallest absolute Gasteiger partial charge is 0.320 e. The van der Waals surface area contributed by atoms with Gasteiger partial charge in [-0.25, -0.2) is 0 Å². The van der Waals surface area contributed by atoms with E-state index in [-0.39, 0.29) is 0 Å². The van der Waals surface area contributed by atoms with Crippen LogP contribution in [0.2, 0.25) is 0 Å². The molecule has 1 atom stereocenters. The highest BCUT2D eigenvalue weighted by Crippen LogP contribution is 2.03. The zero-order valence-corrected chi connectivity index (χ0v) is 8.07. The molecule has 0 saturated carbocycles. The molecule has 3 N–H and O–H groups in total. The number of rotatable bonds is 7. The van der Waals surface area contributed by atoms with E-state index < -0.39 is 12.0 Å². The molecule has 0 fully saturated rings. The Kier molecular flexibility index (Phi) is 7.20. The van der Waals surface area contributed by atoms with E-state index in [0.717, 1.165) is 25.7 Å². The van der Waals surface area contributed by atoms with Crippen LogP contribution in [0.15, 0.2) is 4.99 Å². The number of carbonyl (C=O) groups is 1. The summed E-state index contributed by atoms with van der Waals surface area (Å²) in [5, 5.41) is 8.48. The summed E-state index contributed by atoms with van der Waals surface area (Å²) >= 11 is 0. The van der Waals surface area contributed by atoms with Crippen LogP contribution in [-0.2, 0) is 4.79 Å². The third-order valence-corrected chi connectivity index (χ3v) is 1.85. The van der Waals surface area contributed by atoms with Crippen LogP contribution in [0, 0.1) is 0 Å². The first-order chi connectivity index (χ1) is 6.18. The van der Waals surface area contributed by atoms with Gasteiger partial charge in [-0.05, 0) is 25.5 Å². The fourth-order valence-corrected chi connectivity index (χ4v) is 1.03. The Morgan fingerprint density at radius 2 is 2.23 bits per heavy atom. The first-order valence-electron chi connectivity index (χ1n) is 4.57. The van der Waals surface area contributed by atoms with Crippen molar-refractivity contribution < 1.29 is 9.90 Å². The number of aliphatic imine (C=N–C) groups is 1. The molecule has 0 saturated heterocycles. The number of carboxylic acid groups (broad SMARTS) is 1. The van der Waals surface area contributed by atoms with Gasteiger partial charge in [-0.1, -0.05) is 12.8 Å². The third kappa shape index (κ3) is 7.46. The summed E-state index contributed by atoms with van der Waals surface area (Å²) in [6.45, 7) is 0. The van der Waals surface area contributed by atoms with Crippen molar-refractivity contribution in [3.05, 3.63) is 0 Å². The van der Waals surface area contributed by atoms with Gasteiger partial charge in [-0.2, -0.15) is 0 Å². The first kappa shape index (κ1) is 12.1. The maximum atomic E-state index is 10.3. The largest absolute Gasteiger partial charge is 0.480 e. The molecule has 0 aliphatic carbocycles. The molecule has 0 aromatic rings. The Balaban J connectivity index is 3.20. The highest BCUT2D eigenvalue weighted by Gasteiger charge is 2.09. The summed E-state index contributed by atoms with van der Waals surface area (Å²) in [6.07, 6.45) is 6.37. The van der Waals surface area contributed by atoms with Gasteiger partial charge in [0.15, 0.2) is 0 Å². The zero-order valence-electron chi connectivity index (χ0n) is 8.07. The first-order valence-corrected chi connectivity index (χ1v) is 4.57. The van der Waals surface area contributed by atoms with Crippen LogP contribution < -0.4 is 5.73 Å². The Labute approximate surface area is 78.8 Å². The fraction of sp³-hybridized carbons (Fsp3) is 0.778. The molecule has 0 bridgehead atoms. The minimum absolute atomic E-state index is 0.568. The van der Waals surface area contributed by atoms with E-state index in [2.05, 4.69) is 4.99 Å². The van der Waals surface area contributed by atoms with Crippen molar-refractivity contribution in [3.63, 3.8) is 0 Å². The van der Waals surface area contributed by atoms with Crippen molar-refractivity contribution >= 4 is 12.2 Å². The Morgan fingerprint density at radius 1 is 1.54 bits per heavy atom. The molecule has 4 heteroatoms. The van der Waals surface area contributed by atoms with E-state index in [1.807, 2.05) is 6.21 Å². The van der Waals surface area contributed by atoms with Gasteiger partial charge in [0.1, 0.15) is 6.04 Å². The van der Waals surface area contributed by atoms with E-state index in [9.17, 15) is 4.79 Å². The monoisotopic (exact) mass is 186 g/mol. The molecular weight excluding hydrogens is 168 g/mol. The van der Waals surface area contributed by atoms with Crippen LogP contribution >= 0.6 is 0 Å². The molecule has 0 radical (unpaired) electrons. The third-order valence-electron chi connectivity index (χ3n) is 1.85. The predicted octanol–water partition coefficient (Wildman–Crippen LogP) is 1.05. The van der Waals surface area contributed by atoms with Crippen molar-refractivity contribution in [2.75, 3.05) is 7.05 Å². The van der Waals surface area contributed by atoms with Gasteiger partial charge in [0.05, 0.1) is 0 Å². The number of nitrogens with zero attached hydrogens (tertiary/aromatic N) is 1. The second-order valence-corrected chi connectivity index (χ2v) is 3.02. The molecular formula is C9H18N2O2. The molecule has 0 aliphatic rings. The van der Waals surface area contributed by atoms with E-state index in [4.69, 9.17) is 10.8 Å². The average Bonchev–Trinajstić information content (AvgIpc) is 2.10. The van der Waals surface area contributed by atoms with Gasteiger partial charge < -0.3 is 15.8 Å². The maximum absolute atomic E-state index is 10.3. The van der Waals surface area contributed by atoms with Crippen LogP contribution in [0.5, 0.6) is 0 Å². The predicted molar refractivity (Wildman–Crippen MR) is 53.1 cm³/mol. The zero-order chi connectivity index (χ0) is 10.1. The molecule has 0 aromatic carbocycles. The summed E-state index contributed by atoms with van der Waals surface area (Å²) in [7, 11) is 1.75. The topological polar surface area (TPSA) is 75.7 Å². The Morgan fingerprint density at radius 3 is 2.77 bits per heavy atom. The van der Waals surface area contributed by atoms with Crippen LogP contribution in [-0.4, -0.2) is 30.4 Å². The molecule has 0 aromatic heterocycles. The van der Waals surface area contributed by atoms with E-state index >= 15 is 0 Å². The summed E-state index contributed by atoms with van der Waals surface area (Å²) in [5.41, 5.74) is 5.33. The van der Waals surface area contributed by atoms with Crippen molar-refractivity contribution in [2.45, 2.75) is 38.1 Å². The SMILES string of the molecule is C/N=C/CCCCC[C@H](N)C(=O)O. The van der Waals surface area contributed by atoms with Crippen molar-refractivity contribution in [1.82, 2.24) is 0 Å². The van der Waals surface area contributed by atoms with Gasteiger partial charge in [0.2, 0.25) is 0 Å². The molecule has 76 valence electrons. The number of hydrogen-bond donors (Lipinski definition) is 2. The van der Waals surface area contributed by atoms with Crippen LogP contribution in [0.4, 0.5) is 0 Å². The average molecular weight is 186 g/mol. The van der Waals surface area contributed by atoms with Gasteiger partial charge in [-0.15, -0.1) is 0 Å². The normalized spacial score (nSPS) is 13.4. The molecule has 0 rings (SSSR count). The van der Waals surface area contributed by atoms with Crippen LogP contribution in [0.3, 0.4) is 0 Å². The van der Waals surface area contributed by atoms with Gasteiger partial charge in [0, 0.05) is 7.05 Å². The molecule has 0 unspecified atom stereocenters. The van der Waals surface area contributed by atoms with Gasteiger partial charge in [-0.3, -0.25) is 4.79 Å². The van der Waals surface area contributed by atoms with Gasteiger partial charge >= 0.3 is 5.97 Å². The number of aliphatic carboxylic acids is 1. The fourth-order valence-electron chi connectivity index (χ4n) is 1.03. The molecule has 0 heterocycles. The quantitative estimate of drug-likeness (QED) is 0.461. The van der Waals surface area contributed by atoms with E-state index in [1.54, 1.807) is 7.05 Å². The number of nitrogens with two attached hydrogens (primary N) is 1. The summed E-state index contributed by atoms with van der Waals surface area (Å²) in [5.74, 6) is -0.907. The second-order valence-electron chi connectivity index (χ2n) is 3.02. The molecule has 13 heavy (non-hydrogen) atoms. The van der Waals surface area contributed by atoms with Crippen molar-refractivity contribution in [2.24, 2.45) is 10.7 Å². The number of unbranched alkanes of at least 4 members (excludes halogenated alkanes) is 3. The van der Waals surface area contributed by atoms with Crippen LogP contribution in [0.25, 0.3) is 0 Å². The van der Waals surface area contributed by atoms with Crippen molar-refractivity contribution in [3.8, 4) is 0 Å². The minimum atomic E-state index is -0.907. The highest BCUT2D eigenvalue weighted by molar-refractivity contribution is 5.72. The second kappa shape index (κ2) is 7.73. The summed E-state index contributed by atoms with van der Waals surface area (Å²) in [6, 6.07) is -0.695.